The Bertz CT molecular complexity index is 682. The van der Waals surface area contributed by atoms with Crippen LogP contribution in [0.15, 0.2) is 23.5 Å². The van der Waals surface area contributed by atoms with E-state index in [2.05, 4.69) is 18.7 Å². The molecule has 1 aliphatic heterocycles. The second kappa shape index (κ2) is 7.86. The number of esters is 1. The number of carbonyl (C=O) groups is 1. The highest BCUT2D eigenvalue weighted by molar-refractivity contribution is 7.60. The summed E-state index contributed by atoms with van der Waals surface area (Å²) in [5.41, 5.74) is 1.65. The standard InChI is InChI=1S/C17H24NO5P/c1-5-18(6-2)14-10-9-13-11-16(17(19)21-7-3)24(20,22-8-4)23-15(13)12-14/h9-12H,5-8H2,1-4H3. The molecule has 6 nitrogen and oxygen atoms in total. The number of nitrogens with zero attached hydrogens (tertiary/aromatic N) is 1. The van der Waals surface area contributed by atoms with Crippen molar-refractivity contribution in [3.8, 4) is 5.75 Å². The lowest BCUT2D eigenvalue weighted by Gasteiger charge is -2.27. The molecule has 1 aromatic carbocycles. The summed E-state index contributed by atoms with van der Waals surface area (Å²) in [6.07, 6.45) is 1.54. The lowest BCUT2D eigenvalue weighted by Crippen LogP contribution is -2.22. The molecule has 1 atom stereocenters. The van der Waals surface area contributed by atoms with E-state index in [1.54, 1.807) is 19.9 Å². The van der Waals surface area contributed by atoms with Crippen molar-refractivity contribution in [2.75, 3.05) is 31.2 Å². The molecule has 1 aromatic rings. The number of hydrogen-bond acceptors (Lipinski definition) is 6. The average Bonchev–Trinajstić information content (AvgIpc) is 2.55. The lowest BCUT2D eigenvalue weighted by molar-refractivity contribution is -0.137. The Morgan fingerprint density at radius 2 is 1.88 bits per heavy atom. The molecule has 0 aliphatic carbocycles. The van der Waals surface area contributed by atoms with E-state index in [-0.39, 0.29) is 18.5 Å². The van der Waals surface area contributed by atoms with E-state index in [0.29, 0.717) is 11.3 Å². The summed E-state index contributed by atoms with van der Waals surface area (Å²) < 4.78 is 29.0. The van der Waals surface area contributed by atoms with Gasteiger partial charge in [-0.15, -0.1) is 0 Å². The van der Waals surface area contributed by atoms with Gasteiger partial charge in [-0.05, 0) is 45.9 Å². The summed E-state index contributed by atoms with van der Waals surface area (Å²) in [4.78, 5) is 14.3. The summed E-state index contributed by atoms with van der Waals surface area (Å²) in [5.74, 6) is -0.225. The first-order valence-electron chi connectivity index (χ1n) is 8.21. The van der Waals surface area contributed by atoms with Gasteiger partial charge in [0.1, 0.15) is 5.75 Å². The third-order valence-electron chi connectivity index (χ3n) is 3.72. The Balaban J connectivity index is 2.48. The highest BCUT2D eigenvalue weighted by Gasteiger charge is 2.41. The zero-order valence-corrected chi connectivity index (χ0v) is 15.5. The van der Waals surface area contributed by atoms with E-state index in [1.165, 1.54) is 0 Å². The predicted molar refractivity (Wildman–Crippen MR) is 94.5 cm³/mol. The van der Waals surface area contributed by atoms with Crippen LogP contribution in [0.1, 0.15) is 33.3 Å². The third-order valence-corrected chi connectivity index (χ3v) is 5.65. The Morgan fingerprint density at radius 1 is 1.17 bits per heavy atom. The molecular weight excluding hydrogens is 329 g/mol. The average molecular weight is 353 g/mol. The number of fused-ring (bicyclic) bond motifs is 1. The van der Waals surface area contributed by atoms with Gasteiger partial charge in [0.25, 0.3) is 0 Å². The minimum Gasteiger partial charge on any atom is -0.462 e. The highest BCUT2D eigenvalue weighted by Crippen LogP contribution is 2.60. The van der Waals surface area contributed by atoms with Crippen LogP contribution in [0, 0.1) is 0 Å². The molecule has 0 bridgehead atoms. The lowest BCUT2D eigenvalue weighted by atomic mass is 10.1. The number of ether oxygens (including phenoxy) is 1. The van der Waals surface area contributed by atoms with Crippen LogP contribution >= 0.6 is 7.60 Å². The Labute approximate surface area is 142 Å². The third kappa shape index (κ3) is 3.65. The summed E-state index contributed by atoms with van der Waals surface area (Å²) in [6.45, 7) is 9.58. The van der Waals surface area contributed by atoms with Gasteiger partial charge in [0, 0.05) is 30.4 Å². The van der Waals surface area contributed by atoms with Crippen molar-refractivity contribution in [2.45, 2.75) is 27.7 Å². The van der Waals surface area contributed by atoms with Crippen molar-refractivity contribution < 1.29 is 23.1 Å². The summed E-state index contributed by atoms with van der Waals surface area (Å²) >= 11 is 0. The fourth-order valence-electron chi connectivity index (χ4n) is 2.55. The summed E-state index contributed by atoms with van der Waals surface area (Å²) in [6, 6.07) is 5.62. The highest BCUT2D eigenvalue weighted by atomic mass is 31.2. The van der Waals surface area contributed by atoms with E-state index in [0.717, 1.165) is 18.8 Å². The van der Waals surface area contributed by atoms with Gasteiger partial charge in [-0.25, -0.2) is 9.36 Å². The van der Waals surface area contributed by atoms with E-state index >= 15 is 0 Å². The maximum Gasteiger partial charge on any atom is 0.418 e. The van der Waals surface area contributed by atoms with E-state index < -0.39 is 13.6 Å². The Hall–Kier alpha value is -1.78. The van der Waals surface area contributed by atoms with Crippen molar-refractivity contribution in [3.63, 3.8) is 0 Å². The fraction of sp³-hybridized carbons (Fsp3) is 0.471. The topological polar surface area (TPSA) is 65.1 Å². The van der Waals surface area contributed by atoms with Gasteiger partial charge in [0.15, 0.2) is 5.31 Å². The zero-order chi connectivity index (χ0) is 17.7. The first kappa shape index (κ1) is 18.6. The van der Waals surface area contributed by atoms with Crippen molar-refractivity contribution >= 4 is 25.3 Å². The van der Waals surface area contributed by atoms with Gasteiger partial charge in [-0.3, -0.25) is 4.52 Å². The molecule has 1 aliphatic rings. The molecule has 132 valence electrons. The fourth-order valence-corrected chi connectivity index (χ4v) is 4.19. The molecule has 0 aromatic heterocycles. The molecule has 0 fully saturated rings. The first-order valence-corrected chi connectivity index (χ1v) is 9.75. The molecule has 24 heavy (non-hydrogen) atoms. The molecule has 0 radical (unpaired) electrons. The molecule has 1 unspecified atom stereocenters. The largest absolute Gasteiger partial charge is 0.462 e. The normalized spacial score (nSPS) is 19.1. The second-order valence-corrected chi connectivity index (χ2v) is 7.07. The molecule has 0 saturated carbocycles. The van der Waals surface area contributed by atoms with E-state index in [4.69, 9.17) is 13.8 Å². The van der Waals surface area contributed by atoms with Crippen LogP contribution in [0.2, 0.25) is 0 Å². The smallest absolute Gasteiger partial charge is 0.418 e. The number of benzene rings is 1. The van der Waals surface area contributed by atoms with Crippen LogP contribution in [0.25, 0.3) is 6.08 Å². The van der Waals surface area contributed by atoms with Gasteiger partial charge >= 0.3 is 13.6 Å². The Kier molecular flexibility index (Phi) is 6.08. The van der Waals surface area contributed by atoms with E-state index in [9.17, 15) is 9.36 Å². The molecule has 2 rings (SSSR count). The quantitative estimate of drug-likeness (QED) is 0.544. The van der Waals surface area contributed by atoms with Gasteiger partial charge in [0.05, 0.1) is 13.2 Å². The molecule has 0 N–H and O–H groups in total. The first-order chi connectivity index (χ1) is 11.5. The molecule has 1 heterocycles. The molecular formula is C17H24NO5P. The maximum absolute atomic E-state index is 13.0. The second-order valence-electron chi connectivity index (χ2n) is 5.15. The monoisotopic (exact) mass is 353 g/mol. The summed E-state index contributed by atoms with van der Waals surface area (Å²) in [5, 5.41) is -0.0608. The number of hydrogen-bond donors (Lipinski definition) is 0. The molecule has 7 heteroatoms. The number of anilines is 1. The van der Waals surface area contributed by atoms with Crippen LogP contribution in [0.5, 0.6) is 5.75 Å². The van der Waals surface area contributed by atoms with Crippen LogP contribution in [-0.4, -0.2) is 32.3 Å². The van der Waals surface area contributed by atoms with Gasteiger partial charge in [-0.2, -0.15) is 0 Å². The van der Waals surface area contributed by atoms with Gasteiger partial charge in [-0.1, -0.05) is 0 Å². The van der Waals surface area contributed by atoms with Crippen LogP contribution in [0.3, 0.4) is 0 Å². The molecule has 0 spiro atoms. The molecule has 0 amide bonds. The van der Waals surface area contributed by atoms with Crippen molar-refractivity contribution in [1.29, 1.82) is 0 Å². The number of rotatable bonds is 7. The van der Waals surface area contributed by atoms with Gasteiger partial charge < -0.3 is 14.2 Å². The minimum atomic E-state index is -3.74. The minimum absolute atomic E-state index is 0.0608. The zero-order valence-electron chi connectivity index (χ0n) is 14.6. The van der Waals surface area contributed by atoms with Crippen molar-refractivity contribution in [3.05, 3.63) is 29.1 Å². The maximum atomic E-state index is 13.0. The van der Waals surface area contributed by atoms with Crippen molar-refractivity contribution in [1.82, 2.24) is 0 Å². The van der Waals surface area contributed by atoms with Crippen LogP contribution in [0.4, 0.5) is 5.69 Å². The SMILES string of the molecule is CCOC(=O)C1=Cc2ccc(N(CC)CC)cc2OP1(=O)OCC. The molecule has 0 saturated heterocycles. The van der Waals surface area contributed by atoms with Gasteiger partial charge in [0.2, 0.25) is 0 Å². The Morgan fingerprint density at radius 3 is 2.46 bits per heavy atom. The predicted octanol–water partition coefficient (Wildman–Crippen LogP) is 4.06. The number of carbonyl (C=O) groups excluding carboxylic acids is 1. The van der Waals surface area contributed by atoms with Crippen LogP contribution in [-0.2, 0) is 18.6 Å². The summed E-state index contributed by atoms with van der Waals surface area (Å²) in [7, 11) is -3.74. The van der Waals surface area contributed by atoms with Crippen LogP contribution < -0.4 is 9.42 Å². The van der Waals surface area contributed by atoms with Crippen molar-refractivity contribution in [2.24, 2.45) is 0 Å². The van der Waals surface area contributed by atoms with E-state index in [1.807, 2.05) is 18.2 Å².